The molecule has 0 fully saturated rings. The number of hydrogen-bond acceptors (Lipinski definition) is 5. The lowest BCUT2D eigenvalue weighted by Crippen LogP contribution is -2.04. The zero-order valence-corrected chi connectivity index (χ0v) is 11.8. The Morgan fingerprint density at radius 2 is 1.95 bits per heavy atom. The summed E-state index contributed by atoms with van der Waals surface area (Å²) in [6.07, 6.45) is 3.22. The second kappa shape index (κ2) is 5.74. The van der Waals surface area contributed by atoms with E-state index < -0.39 is 11.6 Å². The monoisotopic (exact) mass is 325 g/mol. The summed E-state index contributed by atoms with van der Waals surface area (Å²) in [6.45, 7) is 0. The lowest BCUT2D eigenvalue weighted by atomic mass is 10.3. The maximum Gasteiger partial charge on any atom is 0.255 e. The van der Waals surface area contributed by atoms with E-state index in [0.29, 0.717) is 4.90 Å². The van der Waals surface area contributed by atoms with E-state index in [9.17, 15) is 8.78 Å². The Morgan fingerprint density at radius 3 is 2.67 bits per heavy atom. The molecule has 0 atom stereocenters. The van der Waals surface area contributed by atoms with Crippen LogP contribution in [0, 0.1) is 11.6 Å². The standard InChI is InChI=1S/C12H6ClF2N5S/c13-10-17-11(20-5-1-4-16-20)19-12(18-10)21-7-2-3-8(14)9(15)6-7/h1-6H. The predicted molar refractivity (Wildman–Crippen MR) is 72.4 cm³/mol. The van der Waals surface area contributed by atoms with Gasteiger partial charge < -0.3 is 0 Å². The molecule has 0 bridgehead atoms. The van der Waals surface area contributed by atoms with Crippen LogP contribution in [0.4, 0.5) is 8.78 Å². The Hall–Kier alpha value is -2.06. The second-order valence-corrected chi connectivity index (χ2v) is 5.19. The minimum atomic E-state index is -0.938. The molecule has 106 valence electrons. The molecule has 0 N–H and O–H groups in total. The molecule has 9 heteroatoms. The van der Waals surface area contributed by atoms with Crippen LogP contribution in [-0.4, -0.2) is 24.7 Å². The third-order valence-corrected chi connectivity index (χ3v) is 3.41. The Balaban J connectivity index is 1.93. The van der Waals surface area contributed by atoms with Gasteiger partial charge in [-0.1, -0.05) is 0 Å². The molecule has 2 aromatic heterocycles. The first-order chi connectivity index (χ1) is 10.1. The van der Waals surface area contributed by atoms with Crippen molar-refractivity contribution in [3.63, 3.8) is 0 Å². The van der Waals surface area contributed by atoms with E-state index in [1.54, 1.807) is 18.5 Å². The van der Waals surface area contributed by atoms with Gasteiger partial charge in [0.2, 0.25) is 5.28 Å². The van der Waals surface area contributed by atoms with Gasteiger partial charge in [0.15, 0.2) is 16.8 Å². The van der Waals surface area contributed by atoms with E-state index in [4.69, 9.17) is 11.6 Å². The van der Waals surface area contributed by atoms with Crippen LogP contribution >= 0.6 is 23.4 Å². The summed E-state index contributed by atoms with van der Waals surface area (Å²) in [5.41, 5.74) is 0. The zero-order chi connectivity index (χ0) is 14.8. The van der Waals surface area contributed by atoms with Gasteiger partial charge in [-0.3, -0.25) is 0 Å². The SMILES string of the molecule is Fc1ccc(Sc2nc(Cl)nc(-n3cccn3)n2)cc1F. The highest BCUT2D eigenvalue weighted by Gasteiger charge is 2.10. The number of halogens is 3. The molecule has 5 nitrogen and oxygen atoms in total. The first kappa shape index (κ1) is 13.9. The minimum absolute atomic E-state index is 0.0133. The molecule has 3 aromatic rings. The van der Waals surface area contributed by atoms with Crippen LogP contribution in [0.15, 0.2) is 46.7 Å². The lowest BCUT2D eigenvalue weighted by Gasteiger charge is -2.04. The third kappa shape index (κ3) is 3.17. The van der Waals surface area contributed by atoms with Crippen molar-refractivity contribution >= 4 is 23.4 Å². The Bertz CT molecular complexity index is 781. The van der Waals surface area contributed by atoms with Crippen molar-refractivity contribution in [1.82, 2.24) is 24.7 Å². The fourth-order valence-electron chi connectivity index (χ4n) is 1.50. The Labute approximate surface area is 127 Å². The van der Waals surface area contributed by atoms with Gasteiger partial charge >= 0.3 is 0 Å². The van der Waals surface area contributed by atoms with E-state index >= 15 is 0 Å². The van der Waals surface area contributed by atoms with Gasteiger partial charge in [-0.15, -0.1) is 0 Å². The smallest absolute Gasteiger partial charge is 0.206 e. The van der Waals surface area contributed by atoms with E-state index in [0.717, 1.165) is 23.9 Å². The normalized spacial score (nSPS) is 10.8. The average molecular weight is 326 g/mol. The molecule has 2 heterocycles. The molecule has 0 spiro atoms. The van der Waals surface area contributed by atoms with Crippen molar-refractivity contribution in [1.29, 1.82) is 0 Å². The molecular weight excluding hydrogens is 320 g/mol. The molecule has 0 aliphatic rings. The molecule has 0 amide bonds. The molecule has 0 aliphatic carbocycles. The molecule has 0 unspecified atom stereocenters. The van der Waals surface area contributed by atoms with Crippen molar-refractivity contribution in [2.75, 3.05) is 0 Å². The van der Waals surface area contributed by atoms with Gasteiger partial charge in [-0.25, -0.2) is 13.5 Å². The van der Waals surface area contributed by atoms with Gasteiger partial charge in [0.05, 0.1) is 0 Å². The molecule has 0 saturated heterocycles. The molecule has 0 aliphatic heterocycles. The predicted octanol–water partition coefficient (Wildman–Crippen LogP) is 3.14. The fraction of sp³-hybridized carbons (Fsp3) is 0. The van der Waals surface area contributed by atoms with Crippen LogP contribution in [0.2, 0.25) is 5.28 Å². The molecule has 1 aromatic carbocycles. The summed E-state index contributed by atoms with van der Waals surface area (Å²) < 4.78 is 27.5. The summed E-state index contributed by atoms with van der Waals surface area (Å²) in [5.74, 6) is -1.61. The molecule has 0 saturated carbocycles. The molecule has 3 rings (SSSR count). The molecule has 0 radical (unpaired) electrons. The van der Waals surface area contributed by atoms with Crippen molar-refractivity contribution in [3.05, 3.63) is 53.6 Å². The number of benzene rings is 1. The number of rotatable bonds is 3. The first-order valence-corrected chi connectivity index (χ1v) is 6.86. The fourth-order valence-corrected chi connectivity index (χ4v) is 2.48. The highest BCUT2D eigenvalue weighted by atomic mass is 35.5. The maximum atomic E-state index is 13.2. The van der Waals surface area contributed by atoms with E-state index in [1.807, 2.05) is 0 Å². The number of hydrogen-bond donors (Lipinski definition) is 0. The van der Waals surface area contributed by atoms with Gasteiger partial charge in [0.1, 0.15) is 0 Å². The maximum absolute atomic E-state index is 13.2. The summed E-state index contributed by atoms with van der Waals surface area (Å²) >= 11 is 6.88. The number of aromatic nitrogens is 5. The van der Waals surface area contributed by atoms with E-state index in [2.05, 4.69) is 20.1 Å². The summed E-state index contributed by atoms with van der Waals surface area (Å²) in [5, 5.41) is 4.23. The van der Waals surface area contributed by atoms with Crippen LogP contribution in [0.1, 0.15) is 0 Å². The summed E-state index contributed by atoms with van der Waals surface area (Å²) in [4.78, 5) is 12.5. The summed E-state index contributed by atoms with van der Waals surface area (Å²) in [7, 11) is 0. The van der Waals surface area contributed by atoms with Crippen LogP contribution in [0.3, 0.4) is 0 Å². The van der Waals surface area contributed by atoms with Crippen molar-refractivity contribution in [2.45, 2.75) is 10.1 Å². The highest BCUT2D eigenvalue weighted by molar-refractivity contribution is 7.99. The van der Waals surface area contributed by atoms with Crippen LogP contribution in [0.5, 0.6) is 0 Å². The van der Waals surface area contributed by atoms with Gasteiger partial charge in [-0.05, 0) is 47.6 Å². The minimum Gasteiger partial charge on any atom is -0.206 e. The third-order valence-electron chi connectivity index (χ3n) is 2.39. The van der Waals surface area contributed by atoms with Gasteiger partial charge in [0, 0.05) is 17.3 Å². The second-order valence-electron chi connectivity index (χ2n) is 3.82. The van der Waals surface area contributed by atoms with E-state index in [1.165, 1.54) is 10.7 Å². The largest absolute Gasteiger partial charge is 0.255 e. The molecule has 21 heavy (non-hydrogen) atoms. The highest BCUT2D eigenvalue weighted by Crippen LogP contribution is 2.26. The van der Waals surface area contributed by atoms with Crippen LogP contribution < -0.4 is 0 Å². The van der Waals surface area contributed by atoms with Gasteiger partial charge in [0.25, 0.3) is 5.95 Å². The average Bonchev–Trinajstić information content (AvgIpc) is 2.96. The lowest BCUT2D eigenvalue weighted by molar-refractivity contribution is 0.506. The van der Waals surface area contributed by atoms with Crippen molar-refractivity contribution < 1.29 is 8.78 Å². The Kier molecular flexibility index (Phi) is 3.80. The zero-order valence-electron chi connectivity index (χ0n) is 10.2. The van der Waals surface area contributed by atoms with Crippen molar-refractivity contribution in [3.8, 4) is 5.95 Å². The van der Waals surface area contributed by atoms with Crippen LogP contribution in [0.25, 0.3) is 5.95 Å². The van der Waals surface area contributed by atoms with E-state index in [-0.39, 0.29) is 16.4 Å². The topological polar surface area (TPSA) is 56.5 Å². The quantitative estimate of drug-likeness (QED) is 0.740. The van der Waals surface area contributed by atoms with Gasteiger partial charge in [-0.2, -0.15) is 20.1 Å². The summed E-state index contributed by atoms with van der Waals surface area (Å²) in [6, 6.07) is 5.23. The number of nitrogens with zero attached hydrogens (tertiary/aromatic N) is 5. The first-order valence-electron chi connectivity index (χ1n) is 5.66. The Morgan fingerprint density at radius 1 is 1.10 bits per heavy atom. The van der Waals surface area contributed by atoms with Crippen LogP contribution in [-0.2, 0) is 0 Å². The van der Waals surface area contributed by atoms with Crippen molar-refractivity contribution in [2.24, 2.45) is 0 Å². The molecular formula is C12H6ClF2N5S.